The molecule has 182 valence electrons. The van der Waals surface area contributed by atoms with E-state index in [-0.39, 0.29) is 0 Å². The Hall–Kier alpha value is -5.14. The molecule has 0 radical (unpaired) electrons. The SMILES string of the molecule is c1ccc(-c2ccc(-c3ccc(-c4ccc5c(c4)Oc4cccc6cccc-5c46)cc3)c3ccccc23)cc1. The minimum absolute atomic E-state index is 0.908. The topological polar surface area (TPSA) is 9.23 Å². The van der Waals surface area contributed by atoms with Crippen LogP contribution in [0.1, 0.15) is 0 Å². The molecule has 0 bridgehead atoms. The van der Waals surface area contributed by atoms with Crippen molar-refractivity contribution >= 4 is 21.5 Å². The van der Waals surface area contributed by atoms with Crippen molar-refractivity contribution in [3.05, 3.63) is 146 Å². The zero-order valence-corrected chi connectivity index (χ0v) is 21.3. The number of ether oxygens (including phenoxy) is 1. The van der Waals surface area contributed by atoms with Crippen LogP contribution in [0.25, 0.3) is 66.1 Å². The van der Waals surface area contributed by atoms with Crippen molar-refractivity contribution in [1.82, 2.24) is 0 Å². The molecule has 0 aliphatic carbocycles. The molecule has 1 nitrogen and oxygen atoms in total. The van der Waals surface area contributed by atoms with Gasteiger partial charge in [-0.05, 0) is 73.3 Å². The van der Waals surface area contributed by atoms with Crippen LogP contribution in [0.4, 0.5) is 0 Å². The van der Waals surface area contributed by atoms with Gasteiger partial charge in [0.15, 0.2) is 0 Å². The lowest BCUT2D eigenvalue weighted by atomic mass is 9.91. The Morgan fingerprint density at radius 3 is 1.67 bits per heavy atom. The Morgan fingerprint density at radius 1 is 0.333 bits per heavy atom. The molecule has 0 atom stereocenters. The Balaban J connectivity index is 1.17. The van der Waals surface area contributed by atoms with Crippen molar-refractivity contribution in [3.63, 3.8) is 0 Å². The second-order valence-electron chi connectivity index (χ2n) is 10.1. The molecule has 7 aromatic carbocycles. The van der Waals surface area contributed by atoms with Crippen LogP contribution in [0, 0.1) is 0 Å². The van der Waals surface area contributed by atoms with Crippen molar-refractivity contribution in [3.8, 4) is 56.0 Å². The van der Waals surface area contributed by atoms with E-state index in [1.807, 2.05) is 0 Å². The molecule has 0 amide bonds. The summed E-state index contributed by atoms with van der Waals surface area (Å²) in [4.78, 5) is 0. The van der Waals surface area contributed by atoms with Crippen molar-refractivity contribution in [1.29, 1.82) is 0 Å². The smallest absolute Gasteiger partial charge is 0.135 e. The normalized spacial score (nSPS) is 11.8. The predicted octanol–water partition coefficient (Wildman–Crippen LogP) is 10.8. The largest absolute Gasteiger partial charge is 0.456 e. The quantitative estimate of drug-likeness (QED) is 0.236. The second kappa shape index (κ2) is 8.72. The first-order valence-corrected chi connectivity index (χ1v) is 13.4. The molecule has 0 unspecified atom stereocenters. The summed E-state index contributed by atoms with van der Waals surface area (Å²) in [7, 11) is 0. The highest BCUT2D eigenvalue weighted by Gasteiger charge is 2.20. The maximum atomic E-state index is 6.40. The third kappa shape index (κ3) is 3.55. The maximum absolute atomic E-state index is 6.40. The van der Waals surface area contributed by atoms with Crippen LogP contribution in [-0.4, -0.2) is 0 Å². The third-order valence-electron chi connectivity index (χ3n) is 7.90. The van der Waals surface area contributed by atoms with Crippen molar-refractivity contribution < 1.29 is 4.74 Å². The lowest BCUT2D eigenvalue weighted by Crippen LogP contribution is -1.97. The van der Waals surface area contributed by atoms with E-state index in [0.29, 0.717) is 0 Å². The average Bonchev–Trinajstić information content (AvgIpc) is 3.01. The predicted molar refractivity (Wildman–Crippen MR) is 163 cm³/mol. The molecule has 8 rings (SSSR count). The number of benzene rings is 7. The monoisotopic (exact) mass is 496 g/mol. The fourth-order valence-electron chi connectivity index (χ4n) is 6.01. The Kier molecular flexibility index (Phi) is 4.89. The molecule has 1 heteroatoms. The van der Waals surface area contributed by atoms with Crippen LogP contribution >= 0.6 is 0 Å². The summed E-state index contributed by atoms with van der Waals surface area (Å²) < 4.78 is 6.40. The standard InChI is InChI=1S/C38H24O/c1-2-8-26(9-3-1)30-22-23-31(33-13-5-4-12-32(30)33)27-18-16-25(17-19-27)29-20-21-34-35-14-6-10-28-11-7-15-36(38(28)35)39-37(34)24-29/h1-24H. The first-order valence-electron chi connectivity index (χ1n) is 13.4. The Bertz CT molecular complexity index is 2010. The maximum Gasteiger partial charge on any atom is 0.135 e. The number of hydrogen-bond acceptors (Lipinski definition) is 1. The summed E-state index contributed by atoms with van der Waals surface area (Å²) in [6, 6.07) is 52.0. The molecule has 1 aliphatic rings. The fraction of sp³-hybridized carbons (Fsp3) is 0. The van der Waals surface area contributed by atoms with Gasteiger partial charge >= 0.3 is 0 Å². The number of hydrogen-bond donors (Lipinski definition) is 0. The zero-order chi connectivity index (χ0) is 25.8. The minimum atomic E-state index is 0.908. The lowest BCUT2D eigenvalue weighted by molar-refractivity contribution is 0.487. The van der Waals surface area contributed by atoms with E-state index in [9.17, 15) is 0 Å². The van der Waals surface area contributed by atoms with E-state index in [2.05, 4.69) is 146 Å². The van der Waals surface area contributed by atoms with Gasteiger partial charge in [0.25, 0.3) is 0 Å². The highest BCUT2D eigenvalue weighted by atomic mass is 16.5. The Labute approximate surface area is 227 Å². The lowest BCUT2D eigenvalue weighted by Gasteiger charge is -2.22. The molecular formula is C38H24O. The highest BCUT2D eigenvalue weighted by molar-refractivity contribution is 6.06. The van der Waals surface area contributed by atoms with Gasteiger partial charge in [-0.2, -0.15) is 0 Å². The van der Waals surface area contributed by atoms with Gasteiger partial charge in [0.1, 0.15) is 11.5 Å². The minimum Gasteiger partial charge on any atom is -0.456 e. The molecule has 39 heavy (non-hydrogen) atoms. The van der Waals surface area contributed by atoms with Gasteiger partial charge in [-0.1, -0.05) is 127 Å². The molecule has 1 heterocycles. The molecule has 0 fully saturated rings. The van der Waals surface area contributed by atoms with Crippen molar-refractivity contribution in [2.45, 2.75) is 0 Å². The van der Waals surface area contributed by atoms with E-state index in [1.54, 1.807) is 0 Å². The van der Waals surface area contributed by atoms with E-state index >= 15 is 0 Å². The third-order valence-corrected chi connectivity index (χ3v) is 7.90. The summed E-state index contributed by atoms with van der Waals surface area (Å²) in [5.41, 5.74) is 9.66. The van der Waals surface area contributed by atoms with Crippen molar-refractivity contribution in [2.24, 2.45) is 0 Å². The second-order valence-corrected chi connectivity index (χ2v) is 10.1. The van der Waals surface area contributed by atoms with Gasteiger partial charge in [-0.15, -0.1) is 0 Å². The molecule has 1 aliphatic heterocycles. The van der Waals surface area contributed by atoms with E-state index in [4.69, 9.17) is 4.74 Å². The summed E-state index contributed by atoms with van der Waals surface area (Å²) in [6.45, 7) is 0. The van der Waals surface area contributed by atoms with Crippen LogP contribution in [0.2, 0.25) is 0 Å². The molecule has 0 spiro atoms. The van der Waals surface area contributed by atoms with Crippen LogP contribution in [0.5, 0.6) is 11.5 Å². The summed E-state index contributed by atoms with van der Waals surface area (Å²) in [5.74, 6) is 1.83. The fourth-order valence-corrected chi connectivity index (χ4v) is 6.01. The van der Waals surface area contributed by atoms with Crippen LogP contribution in [0.15, 0.2) is 146 Å². The first-order chi connectivity index (χ1) is 19.3. The zero-order valence-electron chi connectivity index (χ0n) is 21.3. The van der Waals surface area contributed by atoms with E-state index in [1.165, 1.54) is 54.9 Å². The molecule has 0 aromatic heterocycles. The van der Waals surface area contributed by atoms with Gasteiger partial charge in [-0.3, -0.25) is 0 Å². The number of fused-ring (bicyclic) bond motifs is 3. The van der Waals surface area contributed by atoms with Gasteiger partial charge < -0.3 is 4.74 Å². The van der Waals surface area contributed by atoms with Gasteiger partial charge in [0.05, 0.1) is 0 Å². The van der Waals surface area contributed by atoms with Crippen LogP contribution in [0.3, 0.4) is 0 Å². The molecule has 0 saturated heterocycles. The summed E-state index contributed by atoms with van der Waals surface area (Å²) >= 11 is 0. The molecule has 0 N–H and O–H groups in total. The van der Waals surface area contributed by atoms with Gasteiger partial charge in [0.2, 0.25) is 0 Å². The summed E-state index contributed by atoms with van der Waals surface area (Å²) in [5, 5.41) is 4.93. The van der Waals surface area contributed by atoms with Crippen LogP contribution < -0.4 is 4.74 Å². The van der Waals surface area contributed by atoms with Gasteiger partial charge in [0, 0.05) is 10.9 Å². The van der Waals surface area contributed by atoms with Crippen LogP contribution in [-0.2, 0) is 0 Å². The van der Waals surface area contributed by atoms with E-state index < -0.39 is 0 Å². The molecule has 0 saturated carbocycles. The summed E-state index contributed by atoms with van der Waals surface area (Å²) in [6.07, 6.45) is 0. The first kappa shape index (κ1) is 21.9. The Morgan fingerprint density at radius 2 is 0.923 bits per heavy atom. The molecule has 7 aromatic rings. The molecular weight excluding hydrogens is 472 g/mol. The van der Waals surface area contributed by atoms with Crippen molar-refractivity contribution in [2.75, 3.05) is 0 Å². The highest BCUT2D eigenvalue weighted by Crippen LogP contribution is 2.47. The van der Waals surface area contributed by atoms with Gasteiger partial charge in [-0.25, -0.2) is 0 Å². The average molecular weight is 497 g/mol. The number of rotatable bonds is 3. The van der Waals surface area contributed by atoms with E-state index in [0.717, 1.165) is 22.6 Å².